The number of carbonyl (C=O) groups is 1. The average molecular weight is 261 g/mol. The van der Waals surface area contributed by atoms with Crippen LogP contribution in [0.1, 0.15) is 25.7 Å². The minimum absolute atomic E-state index is 0.107. The molecule has 0 aliphatic heterocycles. The van der Waals surface area contributed by atoms with Crippen molar-refractivity contribution < 1.29 is 4.79 Å². The van der Waals surface area contributed by atoms with E-state index in [4.69, 9.17) is 11.6 Å². The number of hydrogen-bond acceptors (Lipinski definition) is 7. The summed E-state index contributed by atoms with van der Waals surface area (Å²) in [5.41, 5.74) is 7.56. The molecule has 90 valence electrons. The second kappa shape index (κ2) is 7.42. The van der Waals surface area contributed by atoms with E-state index >= 15 is 0 Å². The number of nitrogen functional groups attached to an aromatic ring is 1. The molecule has 1 aromatic heterocycles. The van der Waals surface area contributed by atoms with Crippen molar-refractivity contribution in [3.8, 4) is 0 Å². The van der Waals surface area contributed by atoms with Crippen LogP contribution < -0.4 is 17.0 Å². The number of thioether (sulfide) groups is 1. The van der Waals surface area contributed by atoms with E-state index in [1.165, 1.54) is 11.3 Å². The normalized spacial score (nSPS) is 10.3. The van der Waals surface area contributed by atoms with Crippen molar-refractivity contribution in [1.82, 2.24) is 15.6 Å². The van der Waals surface area contributed by atoms with E-state index in [9.17, 15) is 4.79 Å². The first-order valence-corrected chi connectivity index (χ1v) is 6.74. The monoisotopic (exact) mass is 261 g/mol. The van der Waals surface area contributed by atoms with Crippen LogP contribution in [-0.4, -0.2) is 21.9 Å². The van der Waals surface area contributed by atoms with Gasteiger partial charge in [-0.25, -0.2) is 5.84 Å². The van der Waals surface area contributed by atoms with E-state index in [1.54, 1.807) is 11.8 Å². The summed E-state index contributed by atoms with van der Waals surface area (Å²) in [6, 6.07) is 0. The van der Waals surface area contributed by atoms with Gasteiger partial charge in [-0.15, -0.1) is 10.2 Å². The molecule has 8 heteroatoms. The fourth-order valence-corrected chi connectivity index (χ4v) is 2.78. The van der Waals surface area contributed by atoms with E-state index in [0.717, 1.165) is 29.4 Å². The molecule has 0 fully saturated rings. The van der Waals surface area contributed by atoms with Gasteiger partial charge >= 0.3 is 0 Å². The van der Waals surface area contributed by atoms with Gasteiger partial charge in [0, 0.05) is 12.2 Å². The molecule has 0 bridgehead atoms. The molecule has 0 atom stereocenters. The van der Waals surface area contributed by atoms with Gasteiger partial charge in [-0.05, 0) is 12.8 Å². The highest BCUT2D eigenvalue weighted by atomic mass is 32.2. The zero-order valence-corrected chi connectivity index (χ0v) is 10.4. The second-order valence-corrected chi connectivity index (χ2v) is 5.48. The van der Waals surface area contributed by atoms with Crippen LogP contribution in [0, 0.1) is 0 Å². The zero-order chi connectivity index (χ0) is 11.8. The summed E-state index contributed by atoms with van der Waals surface area (Å²) in [7, 11) is 0. The molecular weight excluding hydrogens is 246 g/mol. The Morgan fingerprint density at radius 1 is 1.38 bits per heavy atom. The molecule has 0 aliphatic carbocycles. The number of nitrogens with one attached hydrogen (secondary N) is 1. The second-order valence-electron chi connectivity index (χ2n) is 3.13. The number of aromatic nitrogens is 2. The lowest BCUT2D eigenvalue weighted by atomic mass is 10.2. The van der Waals surface area contributed by atoms with Crippen LogP contribution in [-0.2, 0) is 4.79 Å². The van der Waals surface area contributed by atoms with Crippen LogP contribution in [0.3, 0.4) is 0 Å². The van der Waals surface area contributed by atoms with E-state index in [0.29, 0.717) is 11.6 Å². The number of nitrogens with two attached hydrogens (primary N) is 2. The van der Waals surface area contributed by atoms with Crippen molar-refractivity contribution in [2.75, 3.05) is 11.5 Å². The third-order valence-electron chi connectivity index (χ3n) is 1.86. The Morgan fingerprint density at radius 2 is 2.19 bits per heavy atom. The van der Waals surface area contributed by atoms with Gasteiger partial charge in [0.05, 0.1) is 0 Å². The van der Waals surface area contributed by atoms with Crippen molar-refractivity contribution in [3.05, 3.63) is 0 Å². The zero-order valence-electron chi connectivity index (χ0n) is 8.81. The molecule has 0 radical (unpaired) electrons. The number of hydrogen-bond donors (Lipinski definition) is 3. The lowest BCUT2D eigenvalue weighted by Crippen LogP contribution is -2.29. The standard InChI is InChI=1S/C8H15N5OS2/c9-7-12-13-8(16-7)15-5-3-1-2-4-6(14)11-10/h1-5,10H2,(H2,9,12)(H,11,14). The Balaban J connectivity index is 1.98. The molecule has 1 heterocycles. The molecule has 0 saturated carbocycles. The summed E-state index contributed by atoms with van der Waals surface area (Å²) in [4.78, 5) is 10.8. The molecule has 6 nitrogen and oxygen atoms in total. The lowest BCUT2D eigenvalue weighted by Gasteiger charge is -1.99. The van der Waals surface area contributed by atoms with Gasteiger partial charge in [0.1, 0.15) is 0 Å². The summed E-state index contributed by atoms with van der Waals surface area (Å²) < 4.78 is 0.900. The number of unbranched alkanes of at least 4 members (excludes halogenated alkanes) is 2. The molecule has 5 N–H and O–H groups in total. The van der Waals surface area contributed by atoms with Gasteiger partial charge in [-0.2, -0.15) is 0 Å². The Hall–Kier alpha value is -0.860. The van der Waals surface area contributed by atoms with Crippen molar-refractivity contribution in [3.63, 3.8) is 0 Å². The maximum atomic E-state index is 10.8. The molecule has 0 aromatic carbocycles. The average Bonchev–Trinajstić information content (AvgIpc) is 2.69. The third kappa shape index (κ3) is 5.29. The number of hydrazine groups is 1. The minimum Gasteiger partial charge on any atom is -0.374 e. The van der Waals surface area contributed by atoms with Crippen molar-refractivity contribution >= 4 is 34.1 Å². The molecular formula is C8H15N5OS2. The van der Waals surface area contributed by atoms with Crippen LogP contribution in [0.15, 0.2) is 4.34 Å². The summed E-state index contributed by atoms with van der Waals surface area (Å²) in [5.74, 6) is 5.83. The van der Waals surface area contributed by atoms with Crippen molar-refractivity contribution in [1.29, 1.82) is 0 Å². The highest BCUT2D eigenvalue weighted by molar-refractivity contribution is 8.01. The molecule has 1 amide bonds. The molecule has 0 saturated heterocycles. The molecule has 0 aliphatic rings. The molecule has 16 heavy (non-hydrogen) atoms. The predicted octanol–water partition coefficient (Wildman–Crippen LogP) is 0.763. The lowest BCUT2D eigenvalue weighted by molar-refractivity contribution is -0.121. The predicted molar refractivity (Wildman–Crippen MR) is 65.8 cm³/mol. The molecule has 1 aromatic rings. The quantitative estimate of drug-likeness (QED) is 0.220. The van der Waals surface area contributed by atoms with Gasteiger partial charge in [0.15, 0.2) is 4.34 Å². The largest absolute Gasteiger partial charge is 0.374 e. The topological polar surface area (TPSA) is 107 Å². The summed E-state index contributed by atoms with van der Waals surface area (Å²) in [6.45, 7) is 0. The maximum Gasteiger partial charge on any atom is 0.233 e. The van der Waals surface area contributed by atoms with E-state index in [2.05, 4.69) is 15.6 Å². The van der Waals surface area contributed by atoms with Gasteiger partial charge in [0.2, 0.25) is 11.0 Å². The minimum atomic E-state index is -0.107. The summed E-state index contributed by atoms with van der Waals surface area (Å²) in [6.07, 6.45) is 3.41. The van der Waals surface area contributed by atoms with Crippen molar-refractivity contribution in [2.24, 2.45) is 5.84 Å². The van der Waals surface area contributed by atoms with Crippen LogP contribution in [0.4, 0.5) is 5.13 Å². The Labute approximate surface area is 102 Å². The Kier molecular flexibility index (Phi) is 6.12. The van der Waals surface area contributed by atoms with Gasteiger partial charge < -0.3 is 5.73 Å². The van der Waals surface area contributed by atoms with Gasteiger partial charge in [-0.1, -0.05) is 29.5 Å². The Bertz CT molecular complexity index is 330. The van der Waals surface area contributed by atoms with Crippen molar-refractivity contribution in [2.45, 2.75) is 30.0 Å². The maximum absolute atomic E-state index is 10.8. The number of amides is 1. The molecule has 0 unspecified atom stereocenters. The van der Waals surface area contributed by atoms with Gasteiger partial charge in [0.25, 0.3) is 0 Å². The van der Waals surface area contributed by atoms with Crippen LogP contribution in [0.2, 0.25) is 0 Å². The first kappa shape index (κ1) is 13.2. The van der Waals surface area contributed by atoms with E-state index in [1.807, 2.05) is 0 Å². The number of anilines is 1. The highest BCUT2D eigenvalue weighted by Gasteiger charge is 2.01. The van der Waals surface area contributed by atoms with E-state index in [-0.39, 0.29) is 5.91 Å². The SMILES string of the molecule is NNC(=O)CCCCCSc1nnc(N)s1. The smallest absolute Gasteiger partial charge is 0.233 e. The number of carbonyl (C=O) groups excluding carboxylic acids is 1. The summed E-state index contributed by atoms with van der Waals surface area (Å²) in [5, 5.41) is 8.13. The first-order chi connectivity index (χ1) is 7.72. The number of rotatable bonds is 7. The molecule has 0 spiro atoms. The highest BCUT2D eigenvalue weighted by Crippen LogP contribution is 2.24. The van der Waals surface area contributed by atoms with E-state index < -0.39 is 0 Å². The van der Waals surface area contributed by atoms with Crippen LogP contribution >= 0.6 is 23.1 Å². The van der Waals surface area contributed by atoms with Gasteiger partial charge in [-0.3, -0.25) is 10.2 Å². The Morgan fingerprint density at radius 3 is 2.81 bits per heavy atom. The summed E-state index contributed by atoms with van der Waals surface area (Å²) >= 11 is 3.04. The fourth-order valence-electron chi connectivity index (χ4n) is 1.07. The third-order valence-corrected chi connectivity index (χ3v) is 3.83. The number of nitrogens with zero attached hydrogens (tertiary/aromatic N) is 2. The van der Waals surface area contributed by atoms with Crippen LogP contribution in [0.5, 0.6) is 0 Å². The fraction of sp³-hybridized carbons (Fsp3) is 0.625. The van der Waals surface area contributed by atoms with Crippen LogP contribution in [0.25, 0.3) is 0 Å². The molecule has 1 rings (SSSR count). The first-order valence-electron chi connectivity index (χ1n) is 4.93.